The number of benzene rings is 1. The normalized spacial score (nSPS) is 10.2. The van der Waals surface area contributed by atoms with Crippen LogP contribution >= 0.6 is 23.1 Å². The molecule has 0 bridgehead atoms. The molecule has 1 aromatic carbocycles. The molecule has 0 aliphatic heterocycles. The van der Waals surface area contributed by atoms with Gasteiger partial charge in [0.05, 0.1) is 12.2 Å². The molecule has 0 atom stereocenters. The lowest BCUT2D eigenvalue weighted by Gasteiger charge is -2.07. The first-order chi connectivity index (χ1) is 10.6. The van der Waals surface area contributed by atoms with Gasteiger partial charge in [0.1, 0.15) is 5.82 Å². The van der Waals surface area contributed by atoms with Crippen molar-refractivity contribution in [2.24, 2.45) is 0 Å². The van der Waals surface area contributed by atoms with E-state index in [0.29, 0.717) is 5.56 Å². The molecular formula is C15H15FN2O2S2. The fourth-order valence-corrected chi connectivity index (χ4v) is 3.31. The molecule has 0 saturated carbocycles. The van der Waals surface area contributed by atoms with Gasteiger partial charge in [-0.25, -0.2) is 4.39 Å². The summed E-state index contributed by atoms with van der Waals surface area (Å²) in [6.07, 6.45) is 0.0862. The summed E-state index contributed by atoms with van der Waals surface area (Å²) in [5, 5.41) is 1.99. The van der Waals surface area contributed by atoms with Crippen molar-refractivity contribution in [1.82, 2.24) is 10.9 Å². The highest BCUT2D eigenvalue weighted by atomic mass is 32.2. The zero-order valence-electron chi connectivity index (χ0n) is 11.7. The largest absolute Gasteiger partial charge is 0.273 e. The summed E-state index contributed by atoms with van der Waals surface area (Å²) >= 11 is 3.13. The standard InChI is InChI=1S/C15H15FN2O2S2/c16-12-5-3-11(4-6-12)8-14(19)17-18-15(20)10-21-9-13-2-1-7-22-13/h1-7H,8-10H2,(H,17,19)(H,18,20). The number of carbonyl (C=O) groups is 2. The van der Waals surface area contributed by atoms with Gasteiger partial charge in [-0.1, -0.05) is 18.2 Å². The van der Waals surface area contributed by atoms with Crippen molar-refractivity contribution in [2.75, 3.05) is 5.75 Å². The van der Waals surface area contributed by atoms with Crippen LogP contribution in [0, 0.1) is 5.82 Å². The zero-order valence-corrected chi connectivity index (χ0v) is 13.3. The van der Waals surface area contributed by atoms with Crippen LogP contribution in [-0.2, 0) is 21.8 Å². The molecule has 0 aliphatic carbocycles. The molecule has 2 aromatic rings. The summed E-state index contributed by atoms with van der Waals surface area (Å²) in [7, 11) is 0. The molecule has 116 valence electrons. The minimum Gasteiger partial charge on any atom is -0.273 e. The quantitative estimate of drug-likeness (QED) is 0.796. The highest BCUT2D eigenvalue weighted by Gasteiger charge is 2.06. The molecule has 2 amide bonds. The van der Waals surface area contributed by atoms with Gasteiger partial charge in [0.25, 0.3) is 0 Å². The second kappa shape index (κ2) is 8.55. The van der Waals surface area contributed by atoms with E-state index in [1.807, 2.05) is 17.5 Å². The molecule has 7 heteroatoms. The van der Waals surface area contributed by atoms with Crippen molar-refractivity contribution in [1.29, 1.82) is 0 Å². The average molecular weight is 338 g/mol. The molecule has 0 unspecified atom stereocenters. The Morgan fingerprint density at radius 3 is 2.50 bits per heavy atom. The van der Waals surface area contributed by atoms with Crippen LogP contribution in [0.3, 0.4) is 0 Å². The van der Waals surface area contributed by atoms with E-state index in [1.54, 1.807) is 11.3 Å². The fourth-order valence-electron chi connectivity index (χ4n) is 1.65. The maximum atomic E-state index is 12.7. The van der Waals surface area contributed by atoms with E-state index in [-0.39, 0.29) is 29.8 Å². The van der Waals surface area contributed by atoms with Crippen LogP contribution in [0.15, 0.2) is 41.8 Å². The molecule has 2 N–H and O–H groups in total. The van der Waals surface area contributed by atoms with Crippen LogP contribution in [-0.4, -0.2) is 17.6 Å². The van der Waals surface area contributed by atoms with Crippen LogP contribution in [0.25, 0.3) is 0 Å². The third-order valence-corrected chi connectivity index (χ3v) is 4.72. The predicted octanol–water partition coefficient (Wildman–Crippen LogP) is 2.51. The first-order valence-electron chi connectivity index (χ1n) is 6.56. The van der Waals surface area contributed by atoms with E-state index in [0.717, 1.165) is 5.75 Å². The van der Waals surface area contributed by atoms with Crippen molar-refractivity contribution in [3.63, 3.8) is 0 Å². The number of thioether (sulfide) groups is 1. The van der Waals surface area contributed by atoms with Crippen LogP contribution in [0.2, 0.25) is 0 Å². The highest BCUT2D eigenvalue weighted by Crippen LogP contribution is 2.16. The SMILES string of the molecule is O=C(CSCc1cccs1)NNC(=O)Cc1ccc(F)cc1. The minimum absolute atomic E-state index is 0.0862. The molecule has 0 saturated heterocycles. The van der Waals surface area contributed by atoms with Gasteiger partial charge >= 0.3 is 0 Å². The lowest BCUT2D eigenvalue weighted by atomic mass is 10.1. The smallest absolute Gasteiger partial charge is 0.248 e. The number of rotatable bonds is 6. The van der Waals surface area contributed by atoms with E-state index in [4.69, 9.17) is 0 Å². The molecule has 22 heavy (non-hydrogen) atoms. The first-order valence-corrected chi connectivity index (χ1v) is 8.59. The maximum Gasteiger partial charge on any atom is 0.248 e. The Morgan fingerprint density at radius 1 is 1.09 bits per heavy atom. The lowest BCUT2D eigenvalue weighted by molar-refractivity contribution is -0.127. The van der Waals surface area contributed by atoms with Crippen molar-refractivity contribution >= 4 is 34.9 Å². The Kier molecular flexibility index (Phi) is 6.42. The van der Waals surface area contributed by atoms with Gasteiger partial charge in [-0.15, -0.1) is 23.1 Å². The lowest BCUT2D eigenvalue weighted by Crippen LogP contribution is -2.43. The monoisotopic (exact) mass is 338 g/mol. The van der Waals surface area contributed by atoms with Gasteiger partial charge in [0.2, 0.25) is 11.8 Å². The Bertz CT molecular complexity index is 615. The van der Waals surface area contributed by atoms with Gasteiger partial charge in [-0.05, 0) is 29.1 Å². The third-order valence-electron chi connectivity index (χ3n) is 2.68. The molecule has 0 fully saturated rings. The summed E-state index contributed by atoms with van der Waals surface area (Å²) in [4.78, 5) is 24.4. The average Bonchev–Trinajstić information content (AvgIpc) is 3.01. The Hall–Kier alpha value is -1.86. The number of amides is 2. The number of carbonyl (C=O) groups excluding carboxylic acids is 2. The Balaban J connectivity index is 1.63. The minimum atomic E-state index is -0.347. The number of hydrazine groups is 1. The van der Waals surface area contributed by atoms with Crippen molar-refractivity contribution in [3.8, 4) is 0 Å². The van der Waals surface area contributed by atoms with Crippen LogP contribution in [0.5, 0.6) is 0 Å². The van der Waals surface area contributed by atoms with E-state index >= 15 is 0 Å². The molecular weight excluding hydrogens is 323 g/mol. The van der Waals surface area contributed by atoms with Crippen molar-refractivity contribution in [2.45, 2.75) is 12.2 Å². The number of halogens is 1. The highest BCUT2D eigenvalue weighted by molar-refractivity contribution is 7.99. The number of hydrogen-bond acceptors (Lipinski definition) is 4. The van der Waals surface area contributed by atoms with Gasteiger partial charge in [-0.2, -0.15) is 0 Å². The fraction of sp³-hybridized carbons (Fsp3) is 0.200. The third kappa shape index (κ3) is 5.87. The Morgan fingerprint density at radius 2 is 1.82 bits per heavy atom. The predicted molar refractivity (Wildman–Crippen MR) is 86.9 cm³/mol. The first kappa shape index (κ1) is 16.5. The summed E-state index contributed by atoms with van der Waals surface area (Å²) in [6.45, 7) is 0. The number of thiophene rings is 1. The number of hydrogen-bond donors (Lipinski definition) is 2. The number of nitrogens with one attached hydrogen (secondary N) is 2. The van der Waals surface area contributed by atoms with E-state index < -0.39 is 0 Å². The van der Waals surface area contributed by atoms with Crippen LogP contribution < -0.4 is 10.9 Å². The molecule has 1 aromatic heterocycles. The zero-order chi connectivity index (χ0) is 15.8. The summed E-state index contributed by atoms with van der Waals surface area (Å²) in [5.41, 5.74) is 5.39. The molecule has 0 radical (unpaired) electrons. The molecule has 1 heterocycles. The topological polar surface area (TPSA) is 58.2 Å². The van der Waals surface area contributed by atoms with E-state index in [2.05, 4.69) is 10.9 Å². The van der Waals surface area contributed by atoms with Gasteiger partial charge in [-0.3, -0.25) is 20.4 Å². The van der Waals surface area contributed by atoms with Crippen LogP contribution in [0.4, 0.5) is 4.39 Å². The molecule has 4 nitrogen and oxygen atoms in total. The van der Waals surface area contributed by atoms with Gasteiger partial charge < -0.3 is 0 Å². The Labute approximate surface area is 136 Å². The maximum absolute atomic E-state index is 12.7. The molecule has 0 spiro atoms. The molecule has 0 aliphatic rings. The summed E-state index contributed by atoms with van der Waals surface area (Å²) in [6, 6.07) is 9.64. The van der Waals surface area contributed by atoms with Gasteiger partial charge in [0, 0.05) is 10.6 Å². The van der Waals surface area contributed by atoms with Crippen molar-refractivity contribution < 1.29 is 14.0 Å². The summed E-state index contributed by atoms with van der Waals surface area (Å²) in [5.74, 6) is 0.0982. The van der Waals surface area contributed by atoms with Crippen molar-refractivity contribution in [3.05, 3.63) is 58.0 Å². The second-order valence-corrected chi connectivity index (χ2v) is 6.49. The van der Waals surface area contributed by atoms with Gasteiger partial charge in [0.15, 0.2) is 0 Å². The molecule has 2 rings (SSSR count). The summed E-state index contributed by atoms with van der Waals surface area (Å²) < 4.78 is 12.7. The van der Waals surface area contributed by atoms with Crippen LogP contribution in [0.1, 0.15) is 10.4 Å². The van der Waals surface area contributed by atoms with E-state index in [1.165, 1.54) is 40.9 Å². The second-order valence-electron chi connectivity index (χ2n) is 4.47. The van der Waals surface area contributed by atoms with E-state index in [9.17, 15) is 14.0 Å².